The first kappa shape index (κ1) is 18.1. The van der Waals surface area contributed by atoms with Gasteiger partial charge in [-0.2, -0.15) is 0 Å². The Bertz CT molecular complexity index is 593. The molecule has 0 spiro atoms. The molecule has 0 unspecified atom stereocenters. The van der Waals surface area contributed by atoms with Crippen LogP contribution in [0.15, 0.2) is 18.2 Å². The van der Waals surface area contributed by atoms with Gasteiger partial charge in [-0.05, 0) is 44.4 Å². The van der Waals surface area contributed by atoms with E-state index in [0.717, 1.165) is 19.3 Å². The van der Waals surface area contributed by atoms with Gasteiger partial charge in [0.25, 0.3) is 5.91 Å². The second-order valence-corrected chi connectivity index (χ2v) is 5.99. The first-order chi connectivity index (χ1) is 11.5. The maximum absolute atomic E-state index is 12.5. The molecule has 0 aromatic heterocycles. The minimum atomic E-state index is -1.15. The fraction of sp³-hybridized carbons (Fsp3) is 0.556. The van der Waals surface area contributed by atoms with Gasteiger partial charge in [-0.15, -0.1) is 0 Å². The second kappa shape index (κ2) is 8.04. The number of aliphatic carboxylic acids is 1. The molecule has 0 saturated heterocycles. The monoisotopic (exact) mass is 335 g/mol. The highest BCUT2D eigenvalue weighted by atomic mass is 16.5. The number of nitrogens with one attached hydrogen (secondary N) is 1. The van der Waals surface area contributed by atoms with E-state index in [1.54, 1.807) is 18.2 Å². The number of carboxylic acid groups (broad SMARTS) is 1. The zero-order chi connectivity index (χ0) is 17.6. The predicted molar refractivity (Wildman–Crippen MR) is 89.7 cm³/mol. The van der Waals surface area contributed by atoms with E-state index in [4.69, 9.17) is 9.47 Å². The van der Waals surface area contributed by atoms with Crippen LogP contribution in [0.5, 0.6) is 11.5 Å². The van der Waals surface area contributed by atoms with Gasteiger partial charge in [-0.25, -0.2) is 4.79 Å². The first-order valence-electron chi connectivity index (χ1n) is 8.48. The number of carboxylic acids is 1. The number of benzene rings is 1. The number of carbonyl (C=O) groups is 2. The lowest BCUT2D eigenvalue weighted by molar-refractivity contribution is -0.144. The Kier molecular flexibility index (Phi) is 6.06. The smallest absolute Gasteiger partial charge is 0.329 e. The van der Waals surface area contributed by atoms with Crippen molar-refractivity contribution in [2.75, 3.05) is 13.2 Å². The summed E-state index contributed by atoms with van der Waals surface area (Å²) in [7, 11) is 0. The topological polar surface area (TPSA) is 84.9 Å². The average molecular weight is 335 g/mol. The van der Waals surface area contributed by atoms with E-state index in [2.05, 4.69) is 5.32 Å². The van der Waals surface area contributed by atoms with Crippen molar-refractivity contribution >= 4 is 11.9 Å². The molecule has 1 aromatic rings. The highest BCUT2D eigenvalue weighted by Crippen LogP contribution is 2.32. The Balaban J connectivity index is 2.19. The van der Waals surface area contributed by atoms with Gasteiger partial charge in [-0.3, -0.25) is 4.79 Å². The van der Waals surface area contributed by atoms with E-state index in [0.29, 0.717) is 43.1 Å². The van der Waals surface area contributed by atoms with Gasteiger partial charge in [0.05, 0.1) is 13.2 Å². The molecular formula is C18H25NO5. The molecule has 24 heavy (non-hydrogen) atoms. The second-order valence-electron chi connectivity index (χ2n) is 5.99. The summed E-state index contributed by atoms with van der Waals surface area (Å²) in [6, 6.07) is 4.93. The molecule has 1 aromatic carbocycles. The van der Waals surface area contributed by atoms with Crippen LogP contribution in [0.25, 0.3) is 0 Å². The van der Waals surface area contributed by atoms with E-state index in [1.165, 1.54) is 0 Å². The minimum Gasteiger partial charge on any atom is -0.490 e. The van der Waals surface area contributed by atoms with Crippen LogP contribution in [0.3, 0.4) is 0 Å². The van der Waals surface area contributed by atoms with Crippen LogP contribution in [-0.4, -0.2) is 35.7 Å². The Hall–Kier alpha value is -2.24. The number of hydrogen-bond donors (Lipinski definition) is 2. The number of amides is 1. The summed E-state index contributed by atoms with van der Waals surface area (Å²) >= 11 is 0. The fourth-order valence-electron chi connectivity index (χ4n) is 2.91. The standard InChI is InChI=1S/C18H25NO5/c1-3-11-24-14-8-7-13(12-15(14)23-4-2)16(20)19-18(17(21)22)9-5-6-10-18/h7-8,12H,3-6,9-11H2,1-2H3,(H,19,20)(H,21,22). The van der Waals surface area contributed by atoms with Crippen LogP contribution >= 0.6 is 0 Å². The molecule has 2 N–H and O–H groups in total. The van der Waals surface area contributed by atoms with Gasteiger partial charge in [0.2, 0.25) is 0 Å². The maximum atomic E-state index is 12.5. The van der Waals surface area contributed by atoms with Crippen molar-refractivity contribution < 1.29 is 24.2 Å². The molecule has 1 aliphatic carbocycles. The summed E-state index contributed by atoms with van der Waals surface area (Å²) in [6.45, 7) is 4.88. The van der Waals surface area contributed by atoms with E-state index in [-0.39, 0.29) is 0 Å². The zero-order valence-electron chi connectivity index (χ0n) is 14.3. The molecule has 132 valence electrons. The van der Waals surface area contributed by atoms with Crippen molar-refractivity contribution in [2.24, 2.45) is 0 Å². The van der Waals surface area contributed by atoms with Crippen molar-refractivity contribution in [3.8, 4) is 11.5 Å². The predicted octanol–water partition coefficient (Wildman–Crippen LogP) is 3.00. The van der Waals surface area contributed by atoms with Gasteiger partial charge < -0.3 is 19.9 Å². The van der Waals surface area contributed by atoms with E-state index < -0.39 is 17.4 Å². The lowest BCUT2D eigenvalue weighted by atomic mass is 9.97. The molecule has 1 aliphatic rings. The molecule has 0 radical (unpaired) electrons. The van der Waals surface area contributed by atoms with Crippen molar-refractivity contribution in [2.45, 2.75) is 51.5 Å². The van der Waals surface area contributed by atoms with Crippen LogP contribution in [0.2, 0.25) is 0 Å². The molecule has 0 bridgehead atoms. The fourth-order valence-corrected chi connectivity index (χ4v) is 2.91. The van der Waals surface area contributed by atoms with Crippen molar-refractivity contribution in [1.29, 1.82) is 0 Å². The number of hydrogen-bond acceptors (Lipinski definition) is 4. The molecule has 6 heteroatoms. The van der Waals surface area contributed by atoms with Gasteiger partial charge in [0.15, 0.2) is 11.5 Å². The van der Waals surface area contributed by atoms with Gasteiger partial charge in [0.1, 0.15) is 5.54 Å². The molecule has 0 aliphatic heterocycles. The molecule has 1 saturated carbocycles. The Morgan fingerprint density at radius 3 is 2.46 bits per heavy atom. The number of ether oxygens (including phenoxy) is 2. The quantitative estimate of drug-likeness (QED) is 0.763. The number of carbonyl (C=O) groups excluding carboxylic acids is 1. The molecule has 0 atom stereocenters. The van der Waals surface area contributed by atoms with Crippen LogP contribution in [-0.2, 0) is 4.79 Å². The largest absolute Gasteiger partial charge is 0.490 e. The van der Waals surface area contributed by atoms with Crippen LogP contribution in [0.1, 0.15) is 56.3 Å². The molecule has 6 nitrogen and oxygen atoms in total. The Labute approximate surface area is 142 Å². The molecular weight excluding hydrogens is 310 g/mol. The lowest BCUT2D eigenvalue weighted by Gasteiger charge is -2.25. The third kappa shape index (κ3) is 3.99. The molecule has 1 amide bonds. The Morgan fingerprint density at radius 1 is 1.17 bits per heavy atom. The van der Waals surface area contributed by atoms with Crippen molar-refractivity contribution in [1.82, 2.24) is 5.32 Å². The first-order valence-corrected chi connectivity index (χ1v) is 8.48. The summed E-state index contributed by atoms with van der Waals surface area (Å²) < 4.78 is 11.2. The third-order valence-corrected chi connectivity index (χ3v) is 4.19. The van der Waals surface area contributed by atoms with Gasteiger partial charge in [0, 0.05) is 5.56 Å². The molecule has 1 fully saturated rings. The maximum Gasteiger partial charge on any atom is 0.329 e. The summed E-state index contributed by atoms with van der Waals surface area (Å²) in [5.74, 6) is -0.290. The summed E-state index contributed by atoms with van der Waals surface area (Å²) in [6.07, 6.45) is 3.41. The van der Waals surface area contributed by atoms with E-state index in [9.17, 15) is 14.7 Å². The third-order valence-electron chi connectivity index (χ3n) is 4.19. The summed E-state index contributed by atoms with van der Waals surface area (Å²) in [5.41, 5.74) is -0.782. The highest BCUT2D eigenvalue weighted by Gasteiger charge is 2.42. The summed E-state index contributed by atoms with van der Waals surface area (Å²) in [4.78, 5) is 24.1. The lowest BCUT2D eigenvalue weighted by Crippen LogP contribution is -2.52. The van der Waals surface area contributed by atoms with E-state index in [1.807, 2.05) is 13.8 Å². The molecule has 2 rings (SSSR count). The van der Waals surface area contributed by atoms with Gasteiger partial charge in [-0.1, -0.05) is 19.8 Å². The van der Waals surface area contributed by atoms with Crippen LogP contribution in [0, 0.1) is 0 Å². The van der Waals surface area contributed by atoms with E-state index >= 15 is 0 Å². The minimum absolute atomic E-state index is 0.370. The van der Waals surface area contributed by atoms with Gasteiger partial charge >= 0.3 is 5.97 Å². The Morgan fingerprint density at radius 2 is 1.88 bits per heavy atom. The normalized spacial score (nSPS) is 15.8. The highest BCUT2D eigenvalue weighted by molar-refractivity contribution is 5.98. The molecule has 0 heterocycles. The zero-order valence-corrected chi connectivity index (χ0v) is 14.3. The number of rotatable bonds is 8. The van der Waals surface area contributed by atoms with Crippen LogP contribution in [0.4, 0.5) is 0 Å². The van der Waals surface area contributed by atoms with Crippen LogP contribution < -0.4 is 14.8 Å². The SMILES string of the molecule is CCCOc1ccc(C(=O)NC2(C(=O)O)CCCC2)cc1OCC. The van der Waals surface area contributed by atoms with Crippen molar-refractivity contribution in [3.63, 3.8) is 0 Å². The van der Waals surface area contributed by atoms with Crippen molar-refractivity contribution in [3.05, 3.63) is 23.8 Å². The average Bonchev–Trinajstić information content (AvgIpc) is 3.03. The summed E-state index contributed by atoms with van der Waals surface area (Å²) in [5, 5.41) is 12.2.